The highest BCUT2D eigenvalue weighted by Gasteiger charge is 2.11. The van der Waals surface area contributed by atoms with Crippen LogP contribution in [0.25, 0.3) is 39.8 Å². The van der Waals surface area contributed by atoms with Crippen molar-refractivity contribution in [2.75, 3.05) is 5.32 Å². The maximum atomic E-state index is 12.4. The molecule has 2 N–H and O–H groups in total. The summed E-state index contributed by atoms with van der Waals surface area (Å²) >= 11 is 12.3. The molecule has 2 heterocycles. The number of H-pyrrole nitrogens is 1. The number of fused-ring (bicyclic) bond motifs is 1. The van der Waals surface area contributed by atoms with E-state index in [1.165, 1.54) is 6.08 Å². The molecule has 5 aromatic rings. The predicted molar refractivity (Wildman–Crippen MR) is 133 cm³/mol. The van der Waals surface area contributed by atoms with Crippen molar-refractivity contribution in [3.05, 3.63) is 101 Å². The molecule has 5 rings (SSSR count). The van der Waals surface area contributed by atoms with Crippen molar-refractivity contribution >= 4 is 51.9 Å². The van der Waals surface area contributed by atoms with E-state index in [9.17, 15) is 4.79 Å². The van der Waals surface area contributed by atoms with Crippen LogP contribution >= 0.6 is 23.2 Å². The summed E-state index contributed by atoms with van der Waals surface area (Å²) in [6.45, 7) is 0. The second-order valence-electron chi connectivity index (χ2n) is 7.31. The van der Waals surface area contributed by atoms with Crippen molar-refractivity contribution in [3.8, 4) is 22.7 Å². The van der Waals surface area contributed by atoms with Crippen molar-refractivity contribution < 1.29 is 9.21 Å². The van der Waals surface area contributed by atoms with E-state index in [1.54, 1.807) is 30.3 Å². The molecule has 0 unspecified atom stereocenters. The van der Waals surface area contributed by atoms with Crippen LogP contribution in [0.3, 0.4) is 0 Å². The third-order valence-electron chi connectivity index (χ3n) is 5.04. The first-order valence-electron chi connectivity index (χ1n) is 10.2. The van der Waals surface area contributed by atoms with E-state index in [4.69, 9.17) is 27.6 Å². The average molecular weight is 474 g/mol. The van der Waals surface area contributed by atoms with Crippen LogP contribution in [-0.4, -0.2) is 15.9 Å². The maximum Gasteiger partial charge on any atom is 0.248 e. The first kappa shape index (κ1) is 21.1. The number of benzene rings is 3. The van der Waals surface area contributed by atoms with Crippen LogP contribution in [0.4, 0.5) is 5.69 Å². The maximum absolute atomic E-state index is 12.4. The molecule has 0 radical (unpaired) electrons. The number of nitrogens with zero attached hydrogens (tertiary/aromatic N) is 1. The second-order valence-corrected chi connectivity index (χ2v) is 8.09. The highest BCUT2D eigenvalue weighted by molar-refractivity contribution is 6.43. The van der Waals surface area contributed by atoms with Gasteiger partial charge in [0.2, 0.25) is 5.91 Å². The molecule has 0 spiro atoms. The predicted octanol–water partition coefficient (Wildman–Crippen LogP) is 7.45. The summed E-state index contributed by atoms with van der Waals surface area (Å²) in [5.74, 6) is 1.55. The molecular weight excluding hydrogens is 457 g/mol. The molecule has 7 heteroatoms. The Morgan fingerprint density at radius 3 is 2.70 bits per heavy atom. The Bertz CT molecular complexity index is 1470. The van der Waals surface area contributed by atoms with Crippen LogP contribution in [0.5, 0.6) is 0 Å². The molecule has 0 atom stereocenters. The molecule has 162 valence electrons. The number of carbonyl (C=O) groups is 1. The van der Waals surface area contributed by atoms with Gasteiger partial charge in [0, 0.05) is 22.9 Å². The quantitative estimate of drug-likeness (QED) is 0.260. The van der Waals surface area contributed by atoms with E-state index in [0.717, 1.165) is 22.4 Å². The smallest absolute Gasteiger partial charge is 0.248 e. The number of aromatic nitrogens is 2. The Morgan fingerprint density at radius 1 is 0.970 bits per heavy atom. The van der Waals surface area contributed by atoms with Gasteiger partial charge in [0.1, 0.15) is 17.3 Å². The van der Waals surface area contributed by atoms with Crippen LogP contribution in [0.1, 0.15) is 5.76 Å². The van der Waals surface area contributed by atoms with E-state index in [2.05, 4.69) is 15.3 Å². The van der Waals surface area contributed by atoms with Crippen LogP contribution in [0.2, 0.25) is 10.0 Å². The minimum atomic E-state index is -0.282. The van der Waals surface area contributed by atoms with Gasteiger partial charge in [0.15, 0.2) is 0 Å². The molecule has 0 fully saturated rings. The van der Waals surface area contributed by atoms with Gasteiger partial charge in [-0.15, -0.1) is 0 Å². The Labute approximate surface area is 199 Å². The summed E-state index contributed by atoms with van der Waals surface area (Å²) in [6, 6.07) is 24.2. The first-order valence-corrected chi connectivity index (χ1v) is 10.9. The van der Waals surface area contributed by atoms with Gasteiger partial charge in [-0.2, -0.15) is 0 Å². The number of hydrogen-bond donors (Lipinski definition) is 2. The number of rotatable bonds is 5. The molecule has 2 aromatic heterocycles. The Kier molecular flexibility index (Phi) is 5.73. The number of anilines is 1. The van der Waals surface area contributed by atoms with Crippen molar-refractivity contribution in [2.45, 2.75) is 0 Å². The third-order valence-corrected chi connectivity index (χ3v) is 5.85. The number of halogens is 2. The summed E-state index contributed by atoms with van der Waals surface area (Å²) in [5, 5.41) is 3.74. The highest BCUT2D eigenvalue weighted by Crippen LogP contribution is 2.34. The lowest BCUT2D eigenvalue weighted by Crippen LogP contribution is -2.07. The van der Waals surface area contributed by atoms with Crippen molar-refractivity contribution in [3.63, 3.8) is 0 Å². The fraction of sp³-hybridized carbons (Fsp3) is 0. The van der Waals surface area contributed by atoms with Gasteiger partial charge in [-0.05, 0) is 54.6 Å². The number of carbonyl (C=O) groups excluding carboxylic acids is 1. The van der Waals surface area contributed by atoms with E-state index >= 15 is 0 Å². The zero-order valence-corrected chi connectivity index (χ0v) is 18.7. The van der Waals surface area contributed by atoms with Gasteiger partial charge in [0.05, 0.1) is 21.1 Å². The number of aromatic amines is 1. The monoisotopic (exact) mass is 473 g/mol. The minimum Gasteiger partial charge on any atom is -0.457 e. The van der Waals surface area contributed by atoms with E-state index in [0.29, 0.717) is 32.8 Å². The van der Waals surface area contributed by atoms with Gasteiger partial charge >= 0.3 is 0 Å². The number of imidazole rings is 1. The van der Waals surface area contributed by atoms with Gasteiger partial charge in [-0.25, -0.2) is 4.98 Å². The van der Waals surface area contributed by atoms with Crippen molar-refractivity contribution in [1.29, 1.82) is 0 Å². The van der Waals surface area contributed by atoms with Gasteiger partial charge in [-0.3, -0.25) is 4.79 Å². The van der Waals surface area contributed by atoms with Gasteiger partial charge in [0.25, 0.3) is 0 Å². The Hall–Kier alpha value is -3.80. The standard InChI is InChI=1S/C26H17Cl2N3O2/c27-20-8-4-7-19(25(20)28)23-13-11-18(33-23)12-14-24(32)29-17-6-3-5-16(15-17)26-30-21-9-1-2-10-22(21)31-26/h1-15H,(H,29,32)(H,30,31). The fourth-order valence-electron chi connectivity index (χ4n) is 3.46. The molecule has 1 amide bonds. The molecule has 5 nitrogen and oxygen atoms in total. The normalized spacial score (nSPS) is 11.3. The summed E-state index contributed by atoms with van der Waals surface area (Å²) in [7, 11) is 0. The summed E-state index contributed by atoms with van der Waals surface area (Å²) in [4.78, 5) is 20.3. The largest absolute Gasteiger partial charge is 0.457 e. The molecule has 0 aliphatic rings. The van der Waals surface area contributed by atoms with E-state index < -0.39 is 0 Å². The Morgan fingerprint density at radius 2 is 1.82 bits per heavy atom. The summed E-state index contributed by atoms with van der Waals surface area (Å²) in [5.41, 5.74) is 4.08. The number of furan rings is 1. The van der Waals surface area contributed by atoms with Crippen LogP contribution in [-0.2, 0) is 4.79 Å². The lowest BCUT2D eigenvalue weighted by Gasteiger charge is -2.04. The molecule has 0 aliphatic heterocycles. The molecule has 0 saturated carbocycles. The van der Waals surface area contributed by atoms with Crippen LogP contribution in [0.15, 0.2) is 89.4 Å². The fourth-order valence-corrected chi connectivity index (χ4v) is 3.85. The lowest BCUT2D eigenvalue weighted by molar-refractivity contribution is -0.111. The topological polar surface area (TPSA) is 70.9 Å². The molecule has 3 aromatic carbocycles. The zero-order valence-electron chi connectivity index (χ0n) is 17.2. The molecular formula is C26H17Cl2N3O2. The second kappa shape index (κ2) is 8.98. The number of amides is 1. The number of para-hydroxylation sites is 2. The van der Waals surface area contributed by atoms with Gasteiger partial charge in [-0.1, -0.05) is 53.5 Å². The zero-order chi connectivity index (χ0) is 22.8. The number of nitrogens with one attached hydrogen (secondary N) is 2. The van der Waals surface area contributed by atoms with Crippen LogP contribution in [0, 0.1) is 0 Å². The van der Waals surface area contributed by atoms with Crippen molar-refractivity contribution in [1.82, 2.24) is 9.97 Å². The third kappa shape index (κ3) is 4.55. The van der Waals surface area contributed by atoms with Crippen molar-refractivity contribution in [2.24, 2.45) is 0 Å². The van der Waals surface area contributed by atoms with Gasteiger partial charge < -0.3 is 14.7 Å². The van der Waals surface area contributed by atoms with E-state index in [-0.39, 0.29) is 5.91 Å². The Balaban J connectivity index is 1.29. The first-order chi connectivity index (χ1) is 16.1. The molecule has 0 aliphatic carbocycles. The molecule has 33 heavy (non-hydrogen) atoms. The van der Waals surface area contributed by atoms with E-state index in [1.807, 2.05) is 54.6 Å². The highest BCUT2D eigenvalue weighted by atomic mass is 35.5. The molecule has 0 saturated heterocycles. The summed E-state index contributed by atoms with van der Waals surface area (Å²) in [6.07, 6.45) is 3.01. The molecule has 0 bridgehead atoms. The lowest BCUT2D eigenvalue weighted by atomic mass is 10.2. The minimum absolute atomic E-state index is 0.282. The SMILES string of the molecule is O=C(C=Cc1ccc(-c2cccc(Cl)c2Cl)o1)Nc1cccc(-c2nc3ccccc3[nH]2)c1. The van der Waals surface area contributed by atoms with Crippen LogP contribution < -0.4 is 5.32 Å². The summed E-state index contributed by atoms with van der Waals surface area (Å²) < 4.78 is 5.79. The average Bonchev–Trinajstić information content (AvgIpc) is 3.47. The number of hydrogen-bond acceptors (Lipinski definition) is 3.